The maximum Gasteiger partial charge on any atom is 0.303 e. The summed E-state index contributed by atoms with van der Waals surface area (Å²) in [6.07, 6.45) is 7.32. The molecule has 3 nitrogen and oxygen atoms in total. The summed E-state index contributed by atoms with van der Waals surface area (Å²) in [6, 6.07) is 10.0. The Kier molecular flexibility index (Phi) is 4.17. The molecule has 100 valence electrons. The van der Waals surface area contributed by atoms with E-state index in [4.69, 9.17) is 5.11 Å². The molecule has 2 rings (SSSR count). The molecule has 1 aliphatic carbocycles. The lowest BCUT2D eigenvalue weighted by molar-refractivity contribution is -0.137. The van der Waals surface area contributed by atoms with Crippen LogP contribution in [0, 0.1) is 0 Å². The van der Waals surface area contributed by atoms with Gasteiger partial charge in [0.15, 0.2) is 0 Å². The molecule has 0 amide bonds. The molecule has 0 saturated carbocycles. The third kappa shape index (κ3) is 3.80. The van der Waals surface area contributed by atoms with E-state index in [1.165, 1.54) is 0 Å². The lowest BCUT2D eigenvalue weighted by Gasteiger charge is -2.26. The summed E-state index contributed by atoms with van der Waals surface area (Å²) in [7, 11) is 0. The first-order chi connectivity index (χ1) is 9.09. The third-order valence-electron chi connectivity index (χ3n) is 3.36. The number of hydrogen-bond donors (Lipinski definition) is 2. The lowest BCUT2D eigenvalue weighted by atomic mass is 9.86. The zero-order chi connectivity index (χ0) is 13.7. The molecular weight excluding hydrogens is 240 g/mol. The molecule has 0 heterocycles. The number of aliphatic carboxylic acids is 1. The van der Waals surface area contributed by atoms with Gasteiger partial charge < -0.3 is 10.2 Å². The molecule has 1 aromatic carbocycles. The standard InChI is InChI=1S/C16H18O3/c17-15(18)7-4-10-16(19)11-8-14(9-12-16)13-5-2-1-3-6-13/h1-3,5-6,8-9,11,19H,4,7,10,12H2,(H,17,18). The number of aliphatic hydroxyl groups is 1. The van der Waals surface area contributed by atoms with E-state index >= 15 is 0 Å². The SMILES string of the molecule is O=C(O)CCCC1(O)C=CC(c2ccccc2)=CC1. The van der Waals surface area contributed by atoms with Gasteiger partial charge >= 0.3 is 5.97 Å². The van der Waals surface area contributed by atoms with E-state index < -0.39 is 11.6 Å². The zero-order valence-electron chi connectivity index (χ0n) is 10.7. The molecule has 0 fully saturated rings. The average molecular weight is 258 g/mol. The predicted octanol–water partition coefficient (Wildman–Crippen LogP) is 3.02. The van der Waals surface area contributed by atoms with Crippen molar-refractivity contribution in [3.63, 3.8) is 0 Å². The summed E-state index contributed by atoms with van der Waals surface area (Å²) in [5.74, 6) is -0.816. The maximum absolute atomic E-state index is 10.5. The third-order valence-corrected chi connectivity index (χ3v) is 3.36. The fraction of sp³-hybridized carbons (Fsp3) is 0.312. The number of benzene rings is 1. The fourth-order valence-electron chi connectivity index (χ4n) is 2.24. The number of carboxylic acid groups (broad SMARTS) is 1. The number of carboxylic acids is 1. The van der Waals surface area contributed by atoms with Crippen molar-refractivity contribution >= 4 is 11.5 Å². The van der Waals surface area contributed by atoms with Crippen molar-refractivity contribution < 1.29 is 15.0 Å². The Hall–Kier alpha value is -1.87. The highest BCUT2D eigenvalue weighted by Crippen LogP contribution is 2.30. The van der Waals surface area contributed by atoms with Gasteiger partial charge in [0.2, 0.25) is 0 Å². The molecule has 1 aromatic rings. The van der Waals surface area contributed by atoms with Gasteiger partial charge in [-0.25, -0.2) is 0 Å². The molecular formula is C16H18O3. The molecule has 1 aliphatic rings. The average Bonchev–Trinajstić information content (AvgIpc) is 2.40. The molecule has 1 unspecified atom stereocenters. The van der Waals surface area contributed by atoms with Gasteiger partial charge in [-0.1, -0.05) is 48.6 Å². The minimum absolute atomic E-state index is 0.103. The molecule has 0 spiro atoms. The largest absolute Gasteiger partial charge is 0.481 e. The van der Waals surface area contributed by atoms with E-state index in [1.807, 2.05) is 42.5 Å². The van der Waals surface area contributed by atoms with Crippen LogP contribution in [0.1, 0.15) is 31.2 Å². The number of allylic oxidation sites excluding steroid dienone is 2. The predicted molar refractivity (Wildman–Crippen MR) is 74.6 cm³/mol. The fourth-order valence-corrected chi connectivity index (χ4v) is 2.24. The van der Waals surface area contributed by atoms with Crippen LogP contribution in [-0.4, -0.2) is 21.8 Å². The van der Waals surface area contributed by atoms with Gasteiger partial charge in [0.25, 0.3) is 0 Å². The monoisotopic (exact) mass is 258 g/mol. The number of hydrogen-bond acceptors (Lipinski definition) is 2. The second-order valence-corrected chi connectivity index (χ2v) is 4.91. The smallest absolute Gasteiger partial charge is 0.303 e. The molecule has 19 heavy (non-hydrogen) atoms. The first-order valence-corrected chi connectivity index (χ1v) is 6.48. The van der Waals surface area contributed by atoms with E-state index in [0.29, 0.717) is 19.3 Å². The Balaban J connectivity index is 1.96. The van der Waals surface area contributed by atoms with Crippen LogP contribution in [0.2, 0.25) is 0 Å². The van der Waals surface area contributed by atoms with Crippen LogP contribution in [0.4, 0.5) is 0 Å². The van der Waals surface area contributed by atoms with Crippen molar-refractivity contribution in [3.8, 4) is 0 Å². The number of rotatable bonds is 5. The van der Waals surface area contributed by atoms with Gasteiger partial charge in [-0.3, -0.25) is 4.79 Å². The van der Waals surface area contributed by atoms with Gasteiger partial charge in [0.1, 0.15) is 0 Å². The van der Waals surface area contributed by atoms with E-state index in [1.54, 1.807) is 6.08 Å². The quantitative estimate of drug-likeness (QED) is 0.853. The van der Waals surface area contributed by atoms with Crippen molar-refractivity contribution in [1.82, 2.24) is 0 Å². The molecule has 3 heteroatoms. The Bertz CT molecular complexity index is 502. The van der Waals surface area contributed by atoms with E-state index in [2.05, 4.69) is 0 Å². The Morgan fingerprint density at radius 2 is 2.00 bits per heavy atom. The summed E-state index contributed by atoms with van der Waals surface area (Å²) in [5, 5.41) is 18.9. The van der Waals surface area contributed by atoms with Crippen molar-refractivity contribution in [2.24, 2.45) is 0 Å². The summed E-state index contributed by atoms with van der Waals surface area (Å²) < 4.78 is 0. The molecule has 1 atom stereocenters. The highest BCUT2D eigenvalue weighted by Gasteiger charge is 2.24. The second-order valence-electron chi connectivity index (χ2n) is 4.91. The van der Waals surface area contributed by atoms with E-state index in [0.717, 1.165) is 11.1 Å². The summed E-state index contributed by atoms with van der Waals surface area (Å²) in [4.78, 5) is 10.5. The van der Waals surface area contributed by atoms with Crippen molar-refractivity contribution in [2.75, 3.05) is 0 Å². The van der Waals surface area contributed by atoms with Crippen LogP contribution < -0.4 is 0 Å². The maximum atomic E-state index is 10.5. The summed E-state index contributed by atoms with van der Waals surface area (Å²) >= 11 is 0. The summed E-state index contributed by atoms with van der Waals surface area (Å²) in [5.41, 5.74) is 1.34. The molecule has 0 bridgehead atoms. The van der Waals surface area contributed by atoms with Crippen LogP contribution in [-0.2, 0) is 4.79 Å². The van der Waals surface area contributed by atoms with Gasteiger partial charge in [-0.05, 0) is 30.4 Å². The van der Waals surface area contributed by atoms with E-state index in [9.17, 15) is 9.90 Å². The Morgan fingerprint density at radius 1 is 1.26 bits per heavy atom. The minimum Gasteiger partial charge on any atom is -0.481 e. The molecule has 0 aromatic heterocycles. The van der Waals surface area contributed by atoms with E-state index in [-0.39, 0.29) is 6.42 Å². The highest BCUT2D eigenvalue weighted by molar-refractivity contribution is 5.75. The van der Waals surface area contributed by atoms with Crippen LogP contribution >= 0.6 is 0 Å². The first-order valence-electron chi connectivity index (χ1n) is 6.48. The van der Waals surface area contributed by atoms with Crippen LogP contribution in [0.15, 0.2) is 48.6 Å². The minimum atomic E-state index is -0.895. The first kappa shape index (κ1) is 13.6. The molecule has 0 saturated heterocycles. The topological polar surface area (TPSA) is 57.5 Å². The summed E-state index contributed by atoms with van der Waals surface area (Å²) in [6.45, 7) is 0. The van der Waals surface area contributed by atoms with Gasteiger partial charge in [0.05, 0.1) is 5.60 Å². The Labute approximate surface area is 112 Å². The van der Waals surface area contributed by atoms with Crippen molar-refractivity contribution in [2.45, 2.75) is 31.3 Å². The van der Waals surface area contributed by atoms with Crippen LogP contribution in [0.25, 0.3) is 5.57 Å². The highest BCUT2D eigenvalue weighted by atomic mass is 16.4. The molecule has 0 aliphatic heterocycles. The zero-order valence-corrected chi connectivity index (χ0v) is 10.7. The van der Waals surface area contributed by atoms with Crippen LogP contribution in [0.3, 0.4) is 0 Å². The van der Waals surface area contributed by atoms with Crippen LogP contribution in [0.5, 0.6) is 0 Å². The van der Waals surface area contributed by atoms with Crippen molar-refractivity contribution in [3.05, 3.63) is 54.1 Å². The molecule has 2 N–H and O–H groups in total. The second kappa shape index (κ2) is 5.85. The van der Waals surface area contributed by atoms with Gasteiger partial charge in [0, 0.05) is 6.42 Å². The van der Waals surface area contributed by atoms with Gasteiger partial charge in [-0.15, -0.1) is 0 Å². The number of carbonyl (C=O) groups is 1. The Morgan fingerprint density at radius 3 is 2.58 bits per heavy atom. The van der Waals surface area contributed by atoms with Gasteiger partial charge in [-0.2, -0.15) is 0 Å². The lowest BCUT2D eigenvalue weighted by Crippen LogP contribution is -2.26. The normalized spacial score (nSPS) is 22.1. The molecule has 0 radical (unpaired) electrons. The van der Waals surface area contributed by atoms with Crippen molar-refractivity contribution in [1.29, 1.82) is 0 Å².